The van der Waals surface area contributed by atoms with Crippen molar-refractivity contribution in [3.8, 4) is 0 Å². The molecule has 0 aliphatic carbocycles. The third kappa shape index (κ3) is 2.43. The van der Waals surface area contributed by atoms with E-state index in [1.54, 1.807) is 0 Å². The standard InChI is InChI=1S/C9H8O2S/c1-7(9(10)11)12-8-5-3-2-4-6-8/h2-6H,1H2,(H,10,11). The van der Waals surface area contributed by atoms with Gasteiger partial charge in [0, 0.05) is 4.90 Å². The number of carboxylic acids is 1. The van der Waals surface area contributed by atoms with Crippen molar-refractivity contribution >= 4 is 17.7 Å². The van der Waals surface area contributed by atoms with Crippen LogP contribution in [0.5, 0.6) is 0 Å². The molecule has 1 rings (SSSR count). The number of benzene rings is 1. The quantitative estimate of drug-likeness (QED) is 0.573. The lowest BCUT2D eigenvalue weighted by atomic mass is 10.4. The third-order valence-electron chi connectivity index (χ3n) is 1.22. The smallest absolute Gasteiger partial charge is 0.341 e. The van der Waals surface area contributed by atoms with E-state index in [-0.39, 0.29) is 4.91 Å². The van der Waals surface area contributed by atoms with E-state index in [1.165, 1.54) is 0 Å². The van der Waals surface area contributed by atoms with Crippen molar-refractivity contribution in [1.82, 2.24) is 0 Å². The van der Waals surface area contributed by atoms with Gasteiger partial charge in [-0.3, -0.25) is 0 Å². The van der Waals surface area contributed by atoms with Crippen molar-refractivity contribution in [1.29, 1.82) is 0 Å². The Kier molecular flexibility index (Phi) is 2.94. The molecular formula is C9H8O2S. The van der Waals surface area contributed by atoms with Crippen LogP contribution < -0.4 is 0 Å². The summed E-state index contributed by atoms with van der Waals surface area (Å²) < 4.78 is 0. The summed E-state index contributed by atoms with van der Waals surface area (Å²) in [4.78, 5) is 11.4. The summed E-state index contributed by atoms with van der Waals surface area (Å²) in [5.41, 5.74) is 0. The summed E-state index contributed by atoms with van der Waals surface area (Å²) in [7, 11) is 0. The lowest BCUT2D eigenvalue weighted by Crippen LogP contribution is -1.93. The van der Waals surface area contributed by atoms with Crippen LogP contribution in [-0.2, 0) is 4.79 Å². The number of rotatable bonds is 3. The van der Waals surface area contributed by atoms with Crippen LogP contribution in [0.1, 0.15) is 0 Å². The topological polar surface area (TPSA) is 37.3 Å². The van der Waals surface area contributed by atoms with Crippen molar-refractivity contribution in [3.05, 3.63) is 41.8 Å². The van der Waals surface area contributed by atoms with Crippen molar-refractivity contribution in [2.75, 3.05) is 0 Å². The highest BCUT2D eigenvalue weighted by Crippen LogP contribution is 2.24. The van der Waals surface area contributed by atoms with Gasteiger partial charge in [0.15, 0.2) is 0 Å². The number of hydrogen-bond acceptors (Lipinski definition) is 2. The monoisotopic (exact) mass is 180 g/mol. The number of aliphatic carboxylic acids is 1. The molecule has 62 valence electrons. The minimum Gasteiger partial charge on any atom is -0.477 e. The average Bonchev–Trinajstić information content (AvgIpc) is 2.06. The summed E-state index contributed by atoms with van der Waals surface area (Å²) >= 11 is 1.16. The largest absolute Gasteiger partial charge is 0.477 e. The molecule has 1 aromatic carbocycles. The summed E-state index contributed by atoms with van der Waals surface area (Å²) in [5.74, 6) is -0.969. The number of hydrogen-bond donors (Lipinski definition) is 1. The zero-order valence-electron chi connectivity index (χ0n) is 6.36. The van der Waals surface area contributed by atoms with Gasteiger partial charge in [-0.15, -0.1) is 0 Å². The Morgan fingerprint density at radius 2 is 1.92 bits per heavy atom. The van der Waals surface area contributed by atoms with E-state index in [9.17, 15) is 4.79 Å². The lowest BCUT2D eigenvalue weighted by molar-refractivity contribution is -0.131. The summed E-state index contributed by atoms with van der Waals surface area (Å²) in [6, 6.07) is 9.29. The highest BCUT2D eigenvalue weighted by molar-refractivity contribution is 8.04. The van der Waals surface area contributed by atoms with Crippen LogP contribution in [0.3, 0.4) is 0 Å². The molecule has 0 spiro atoms. The zero-order chi connectivity index (χ0) is 8.97. The first-order chi connectivity index (χ1) is 5.70. The van der Waals surface area contributed by atoms with Crippen LogP contribution in [0.4, 0.5) is 0 Å². The van der Waals surface area contributed by atoms with Gasteiger partial charge in [-0.05, 0) is 12.1 Å². The third-order valence-corrected chi connectivity index (χ3v) is 2.15. The second-order valence-electron chi connectivity index (χ2n) is 2.14. The Balaban J connectivity index is 2.65. The Labute approximate surface area is 74.9 Å². The van der Waals surface area contributed by atoms with Crippen molar-refractivity contribution in [2.45, 2.75) is 4.90 Å². The van der Waals surface area contributed by atoms with Crippen LogP contribution in [0.15, 0.2) is 46.7 Å². The number of carbonyl (C=O) groups is 1. The fourth-order valence-corrected chi connectivity index (χ4v) is 1.34. The molecule has 0 aliphatic heterocycles. The zero-order valence-corrected chi connectivity index (χ0v) is 7.17. The van der Waals surface area contributed by atoms with E-state index >= 15 is 0 Å². The van der Waals surface area contributed by atoms with E-state index < -0.39 is 5.97 Å². The highest BCUT2D eigenvalue weighted by atomic mass is 32.2. The Morgan fingerprint density at radius 1 is 1.33 bits per heavy atom. The molecule has 0 aromatic heterocycles. The molecule has 0 radical (unpaired) electrons. The highest BCUT2D eigenvalue weighted by Gasteiger charge is 2.04. The SMILES string of the molecule is C=C(Sc1ccccc1)C(=O)O. The fraction of sp³-hybridized carbons (Fsp3) is 0. The van der Waals surface area contributed by atoms with Crippen LogP contribution in [0.2, 0.25) is 0 Å². The molecule has 2 nitrogen and oxygen atoms in total. The molecule has 0 amide bonds. The second-order valence-corrected chi connectivity index (χ2v) is 3.31. The first-order valence-corrected chi connectivity index (χ1v) is 4.17. The summed E-state index contributed by atoms with van der Waals surface area (Å²) in [5, 5.41) is 8.52. The molecule has 0 bridgehead atoms. The Morgan fingerprint density at radius 3 is 2.42 bits per heavy atom. The van der Waals surface area contributed by atoms with Gasteiger partial charge in [-0.2, -0.15) is 0 Å². The van der Waals surface area contributed by atoms with E-state index in [4.69, 9.17) is 5.11 Å². The van der Waals surface area contributed by atoms with E-state index in [0.29, 0.717) is 0 Å². The molecule has 0 unspecified atom stereocenters. The Bertz CT molecular complexity index is 293. The van der Waals surface area contributed by atoms with Crippen LogP contribution in [-0.4, -0.2) is 11.1 Å². The molecule has 0 saturated heterocycles. The summed E-state index contributed by atoms with van der Waals surface area (Å²) in [6.07, 6.45) is 0. The number of carboxylic acid groups (broad SMARTS) is 1. The fourth-order valence-electron chi connectivity index (χ4n) is 0.674. The summed E-state index contributed by atoms with van der Waals surface area (Å²) in [6.45, 7) is 3.41. The molecule has 1 N–H and O–H groups in total. The van der Waals surface area contributed by atoms with Gasteiger partial charge in [-0.1, -0.05) is 36.5 Å². The van der Waals surface area contributed by atoms with Crippen molar-refractivity contribution in [2.24, 2.45) is 0 Å². The molecule has 12 heavy (non-hydrogen) atoms. The predicted octanol–water partition coefficient (Wildman–Crippen LogP) is 2.38. The van der Waals surface area contributed by atoms with E-state index in [1.807, 2.05) is 30.3 Å². The van der Waals surface area contributed by atoms with Gasteiger partial charge < -0.3 is 5.11 Å². The van der Waals surface area contributed by atoms with Crippen molar-refractivity contribution in [3.63, 3.8) is 0 Å². The van der Waals surface area contributed by atoms with Gasteiger partial charge in [-0.25, -0.2) is 4.79 Å². The Hall–Kier alpha value is -1.22. The van der Waals surface area contributed by atoms with Gasteiger partial charge in [0.25, 0.3) is 0 Å². The molecular weight excluding hydrogens is 172 g/mol. The van der Waals surface area contributed by atoms with E-state index in [2.05, 4.69) is 6.58 Å². The van der Waals surface area contributed by atoms with Gasteiger partial charge in [0.1, 0.15) is 0 Å². The maximum Gasteiger partial charge on any atom is 0.341 e. The minimum absolute atomic E-state index is 0.140. The first kappa shape index (κ1) is 8.87. The average molecular weight is 180 g/mol. The minimum atomic E-state index is -0.969. The molecule has 1 aromatic rings. The van der Waals surface area contributed by atoms with Crippen LogP contribution in [0.25, 0.3) is 0 Å². The molecule has 0 fully saturated rings. The normalized spacial score (nSPS) is 9.33. The lowest BCUT2D eigenvalue weighted by Gasteiger charge is -1.98. The maximum atomic E-state index is 10.4. The van der Waals surface area contributed by atoms with Crippen LogP contribution in [0, 0.1) is 0 Å². The molecule has 3 heteroatoms. The van der Waals surface area contributed by atoms with Gasteiger partial charge >= 0.3 is 5.97 Å². The maximum absolute atomic E-state index is 10.4. The van der Waals surface area contributed by atoms with Crippen molar-refractivity contribution < 1.29 is 9.90 Å². The predicted molar refractivity (Wildman–Crippen MR) is 49.1 cm³/mol. The van der Waals surface area contributed by atoms with E-state index in [0.717, 1.165) is 16.7 Å². The van der Waals surface area contributed by atoms with Crippen LogP contribution >= 0.6 is 11.8 Å². The van der Waals surface area contributed by atoms with Gasteiger partial charge in [0.2, 0.25) is 0 Å². The molecule has 0 saturated carbocycles. The van der Waals surface area contributed by atoms with Gasteiger partial charge in [0.05, 0.1) is 4.91 Å². The molecule has 0 aliphatic rings. The molecule has 0 atom stereocenters. The first-order valence-electron chi connectivity index (χ1n) is 3.35. The molecule has 0 heterocycles. The second kappa shape index (κ2) is 3.97. The number of thioether (sulfide) groups is 1.